The van der Waals surface area contributed by atoms with Crippen molar-refractivity contribution < 1.29 is 9.53 Å². The van der Waals surface area contributed by atoms with Gasteiger partial charge in [-0.1, -0.05) is 0 Å². The molecule has 0 saturated carbocycles. The van der Waals surface area contributed by atoms with Gasteiger partial charge in [0.2, 0.25) is 5.71 Å². The van der Waals surface area contributed by atoms with Gasteiger partial charge in [-0.25, -0.2) is 4.79 Å². The molecule has 6 nitrogen and oxygen atoms in total. The predicted octanol–water partition coefficient (Wildman–Crippen LogP) is 3.20. The number of rotatable bonds is 4. The minimum absolute atomic E-state index is 0.284. The highest BCUT2D eigenvalue weighted by molar-refractivity contribution is 9.11. The van der Waals surface area contributed by atoms with E-state index in [1.165, 1.54) is 0 Å². The molecule has 20 heavy (non-hydrogen) atoms. The lowest BCUT2D eigenvalue weighted by molar-refractivity contribution is 0.0526. The number of hydrogen-bond acceptors (Lipinski definition) is 6. The Hall–Kier alpha value is -1.90. The summed E-state index contributed by atoms with van der Waals surface area (Å²) in [6, 6.07) is 6.37. The SMILES string of the molecule is CCOC(=O)c1cc(Br)c(NN=C(C#N)C#N)c(Br)c1. The van der Waals surface area contributed by atoms with Crippen LogP contribution >= 0.6 is 31.9 Å². The van der Waals surface area contributed by atoms with Crippen LogP contribution in [0.25, 0.3) is 0 Å². The summed E-state index contributed by atoms with van der Waals surface area (Å²) in [7, 11) is 0. The summed E-state index contributed by atoms with van der Waals surface area (Å²) in [5.41, 5.74) is 3.12. The Labute approximate surface area is 132 Å². The van der Waals surface area contributed by atoms with Gasteiger partial charge in [-0.15, -0.1) is 0 Å². The van der Waals surface area contributed by atoms with Gasteiger partial charge in [0.25, 0.3) is 0 Å². The van der Waals surface area contributed by atoms with Crippen molar-refractivity contribution in [2.24, 2.45) is 5.10 Å². The first kappa shape index (κ1) is 16.2. The molecule has 0 unspecified atom stereocenters. The molecule has 0 radical (unpaired) electrons. The third kappa shape index (κ3) is 4.05. The zero-order valence-corrected chi connectivity index (χ0v) is 13.4. The highest BCUT2D eigenvalue weighted by Crippen LogP contribution is 2.32. The maximum atomic E-state index is 11.6. The van der Waals surface area contributed by atoms with Crippen molar-refractivity contribution in [2.45, 2.75) is 6.92 Å². The van der Waals surface area contributed by atoms with Crippen LogP contribution in [-0.2, 0) is 4.74 Å². The van der Waals surface area contributed by atoms with Gasteiger partial charge < -0.3 is 4.74 Å². The van der Waals surface area contributed by atoms with Gasteiger partial charge in [0, 0.05) is 8.95 Å². The molecule has 0 bridgehead atoms. The summed E-state index contributed by atoms with van der Waals surface area (Å²) in [4.78, 5) is 11.6. The van der Waals surface area contributed by atoms with Crippen molar-refractivity contribution in [1.29, 1.82) is 10.5 Å². The molecule has 0 amide bonds. The molecule has 1 N–H and O–H groups in total. The number of hydrazone groups is 1. The maximum Gasteiger partial charge on any atom is 0.338 e. The van der Waals surface area contributed by atoms with Gasteiger partial charge in [-0.3, -0.25) is 5.43 Å². The number of benzene rings is 1. The molecule has 0 atom stereocenters. The van der Waals surface area contributed by atoms with Crippen LogP contribution in [0.1, 0.15) is 17.3 Å². The average Bonchev–Trinajstić information content (AvgIpc) is 2.42. The number of nitrogens with zero attached hydrogens (tertiary/aromatic N) is 3. The van der Waals surface area contributed by atoms with E-state index in [4.69, 9.17) is 15.3 Å². The van der Waals surface area contributed by atoms with E-state index in [0.717, 1.165) is 0 Å². The molecule has 0 aromatic heterocycles. The second-order valence-electron chi connectivity index (χ2n) is 3.33. The highest BCUT2D eigenvalue weighted by atomic mass is 79.9. The van der Waals surface area contributed by atoms with Crippen molar-refractivity contribution in [3.05, 3.63) is 26.6 Å². The van der Waals surface area contributed by atoms with E-state index in [0.29, 0.717) is 20.2 Å². The van der Waals surface area contributed by atoms with Crippen molar-refractivity contribution >= 4 is 49.2 Å². The van der Waals surface area contributed by atoms with Gasteiger partial charge >= 0.3 is 5.97 Å². The number of anilines is 1. The van der Waals surface area contributed by atoms with Crippen molar-refractivity contribution in [2.75, 3.05) is 12.0 Å². The van der Waals surface area contributed by atoms with E-state index in [9.17, 15) is 4.79 Å². The Kier molecular flexibility index (Phi) is 6.16. The normalized spacial score (nSPS) is 9.05. The van der Waals surface area contributed by atoms with Gasteiger partial charge in [0.1, 0.15) is 12.1 Å². The predicted molar refractivity (Wildman–Crippen MR) is 80.1 cm³/mol. The summed E-state index contributed by atoms with van der Waals surface area (Å²) in [5, 5.41) is 20.8. The van der Waals surface area contributed by atoms with E-state index < -0.39 is 5.97 Å². The fourth-order valence-electron chi connectivity index (χ4n) is 1.20. The topological polar surface area (TPSA) is 98.3 Å². The van der Waals surface area contributed by atoms with Crippen LogP contribution < -0.4 is 5.43 Å². The van der Waals surface area contributed by atoms with Gasteiger partial charge in [0.05, 0.1) is 17.9 Å². The Morgan fingerprint density at radius 3 is 2.35 bits per heavy atom. The molecule has 0 aliphatic heterocycles. The van der Waals surface area contributed by atoms with Crippen LogP contribution in [0, 0.1) is 22.7 Å². The number of halogens is 2. The second-order valence-corrected chi connectivity index (χ2v) is 5.04. The van der Waals surface area contributed by atoms with Crippen LogP contribution in [0.5, 0.6) is 0 Å². The molecule has 0 spiro atoms. The molecular weight excluding hydrogens is 392 g/mol. The van der Waals surface area contributed by atoms with E-state index in [2.05, 4.69) is 42.4 Å². The third-order valence-corrected chi connectivity index (χ3v) is 3.30. The van der Waals surface area contributed by atoms with Crippen LogP contribution in [0.3, 0.4) is 0 Å². The van der Waals surface area contributed by atoms with E-state index in [1.54, 1.807) is 31.2 Å². The number of esters is 1. The standard InChI is InChI=1S/C12H8Br2N4O2/c1-2-20-12(19)7-3-9(13)11(10(14)4-7)18-17-8(5-15)6-16/h3-4,18H,2H2,1H3. The molecule has 0 saturated heterocycles. The van der Waals surface area contributed by atoms with Crippen molar-refractivity contribution in [3.8, 4) is 12.1 Å². The zero-order valence-electron chi connectivity index (χ0n) is 10.3. The lowest BCUT2D eigenvalue weighted by Crippen LogP contribution is -2.06. The van der Waals surface area contributed by atoms with Gasteiger partial charge in [-0.05, 0) is 50.9 Å². The number of hydrogen-bond donors (Lipinski definition) is 1. The monoisotopic (exact) mass is 398 g/mol. The molecule has 0 aliphatic rings. The molecule has 1 rings (SSSR count). The Bertz CT molecular complexity index is 605. The minimum atomic E-state index is -0.446. The Balaban J connectivity index is 3.08. The number of ether oxygens (including phenoxy) is 1. The largest absolute Gasteiger partial charge is 0.462 e. The molecule has 0 aliphatic carbocycles. The van der Waals surface area contributed by atoms with Gasteiger partial charge in [0.15, 0.2) is 0 Å². The number of carbonyl (C=O) groups excluding carboxylic acids is 1. The first-order valence-corrected chi connectivity index (χ1v) is 6.92. The summed E-state index contributed by atoms with van der Waals surface area (Å²) in [6.45, 7) is 2.00. The average molecular weight is 400 g/mol. The smallest absolute Gasteiger partial charge is 0.338 e. The lowest BCUT2D eigenvalue weighted by atomic mass is 10.2. The summed E-state index contributed by atoms with van der Waals surface area (Å²) in [6.07, 6.45) is 0. The quantitative estimate of drug-likeness (QED) is 0.476. The highest BCUT2D eigenvalue weighted by Gasteiger charge is 2.13. The number of carbonyl (C=O) groups is 1. The molecule has 1 aromatic rings. The summed E-state index contributed by atoms with van der Waals surface area (Å²) < 4.78 is 5.97. The molecule has 8 heteroatoms. The minimum Gasteiger partial charge on any atom is -0.462 e. The van der Waals surface area contributed by atoms with Crippen molar-refractivity contribution in [1.82, 2.24) is 0 Å². The second kappa shape index (κ2) is 7.63. The molecule has 0 heterocycles. The first-order valence-electron chi connectivity index (χ1n) is 5.33. The van der Waals surface area contributed by atoms with E-state index >= 15 is 0 Å². The number of nitrogens with one attached hydrogen (secondary N) is 1. The van der Waals surface area contributed by atoms with Crippen LogP contribution in [0.15, 0.2) is 26.2 Å². The fraction of sp³-hybridized carbons (Fsp3) is 0.167. The Morgan fingerprint density at radius 1 is 1.35 bits per heavy atom. The molecule has 102 valence electrons. The van der Waals surface area contributed by atoms with Crippen LogP contribution in [0.2, 0.25) is 0 Å². The van der Waals surface area contributed by atoms with E-state index in [1.807, 2.05) is 0 Å². The molecule has 1 aromatic carbocycles. The summed E-state index contributed by atoms with van der Waals surface area (Å²) >= 11 is 6.55. The zero-order chi connectivity index (χ0) is 15.1. The Morgan fingerprint density at radius 2 is 1.90 bits per heavy atom. The van der Waals surface area contributed by atoms with Gasteiger partial charge in [-0.2, -0.15) is 15.6 Å². The van der Waals surface area contributed by atoms with Crippen molar-refractivity contribution in [3.63, 3.8) is 0 Å². The lowest BCUT2D eigenvalue weighted by Gasteiger charge is -2.09. The first-order chi connectivity index (χ1) is 9.53. The maximum absolute atomic E-state index is 11.6. The van der Waals surface area contributed by atoms with Crippen LogP contribution in [0.4, 0.5) is 5.69 Å². The molecule has 0 fully saturated rings. The molecular formula is C12H8Br2N4O2. The third-order valence-electron chi connectivity index (χ3n) is 2.04. The fourth-order valence-corrected chi connectivity index (χ4v) is 2.56. The summed E-state index contributed by atoms with van der Waals surface area (Å²) in [5.74, 6) is -0.446. The van der Waals surface area contributed by atoms with Crippen LogP contribution in [-0.4, -0.2) is 18.3 Å². The van der Waals surface area contributed by atoms with E-state index in [-0.39, 0.29) is 12.3 Å². The number of nitriles is 2.